The minimum atomic E-state index is -1.69. The lowest BCUT2D eigenvalue weighted by atomic mass is 9.92. The predicted molar refractivity (Wildman–Crippen MR) is 176 cm³/mol. The first-order chi connectivity index (χ1) is 21.8. The monoisotopic (exact) mass is 774 g/mol. The minimum Gasteiger partial charge on any atom is -0.454 e. The number of carbonyl (C=O) groups is 6. The maximum absolute atomic E-state index is 13.9. The van der Waals surface area contributed by atoms with Crippen molar-refractivity contribution in [3.63, 3.8) is 0 Å². The predicted octanol–water partition coefficient (Wildman–Crippen LogP) is 1.31. The van der Waals surface area contributed by atoms with Gasteiger partial charge in [-0.3, -0.25) is 24.0 Å². The Labute approximate surface area is 284 Å². The zero-order valence-electron chi connectivity index (χ0n) is 26.3. The molecule has 0 spiro atoms. The molecule has 1 aromatic heterocycles. The Morgan fingerprint density at radius 1 is 0.935 bits per heavy atom. The smallest absolute Gasteiger partial charge is 0.345 e. The van der Waals surface area contributed by atoms with Crippen LogP contribution in [0.25, 0.3) is 0 Å². The van der Waals surface area contributed by atoms with Crippen molar-refractivity contribution in [2.24, 2.45) is 0 Å². The Morgan fingerprint density at radius 3 is 2.04 bits per heavy atom. The van der Waals surface area contributed by atoms with E-state index in [-0.39, 0.29) is 24.1 Å². The topological polar surface area (TPSA) is 188 Å². The largest absolute Gasteiger partial charge is 0.454 e. The molecule has 0 aliphatic carbocycles. The van der Waals surface area contributed by atoms with Gasteiger partial charge in [0.25, 0.3) is 5.91 Å². The number of methoxy groups -OCH3 is 2. The molecule has 0 saturated heterocycles. The van der Waals surface area contributed by atoms with E-state index < -0.39 is 65.8 Å². The van der Waals surface area contributed by atoms with Gasteiger partial charge in [-0.05, 0) is 32.3 Å². The number of ether oxygens (including phenoxy) is 4. The Hall–Kier alpha value is -3.48. The van der Waals surface area contributed by atoms with Gasteiger partial charge in [0.1, 0.15) is 17.0 Å². The maximum Gasteiger partial charge on any atom is 0.345 e. The van der Waals surface area contributed by atoms with E-state index >= 15 is 0 Å². The highest BCUT2D eigenvalue weighted by molar-refractivity contribution is 14.1. The molecule has 14 nitrogen and oxygen atoms in total. The van der Waals surface area contributed by atoms with Crippen LogP contribution in [0.3, 0.4) is 0 Å². The van der Waals surface area contributed by atoms with E-state index in [1.54, 1.807) is 6.92 Å². The molecule has 46 heavy (non-hydrogen) atoms. The first-order valence-corrected chi connectivity index (χ1v) is 16.5. The second kappa shape index (κ2) is 19.2. The summed E-state index contributed by atoms with van der Waals surface area (Å²) in [5.74, 6) is -4.23. The van der Waals surface area contributed by atoms with Crippen molar-refractivity contribution in [2.75, 3.05) is 38.5 Å². The van der Waals surface area contributed by atoms with Crippen molar-refractivity contribution in [1.82, 2.24) is 20.9 Å². The van der Waals surface area contributed by atoms with Crippen molar-refractivity contribution in [3.8, 4) is 0 Å². The summed E-state index contributed by atoms with van der Waals surface area (Å²) in [7, 11) is 2.69. The van der Waals surface area contributed by atoms with Gasteiger partial charge in [0.2, 0.25) is 11.8 Å². The number of ketones is 1. The Morgan fingerprint density at radius 2 is 1.52 bits per heavy atom. The number of carbonyl (C=O) groups excluding carboxylic acids is 6. The third kappa shape index (κ3) is 12.4. The fourth-order valence-electron chi connectivity index (χ4n) is 4.12. The number of esters is 2. The van der Waals surface area contributed by atoms with Crippen molar-refractivity contribution in [3.05, 3.63) is 52.0 Å². The molecule has 0 bridgehead atoms. The van der Waals surface area contributed by atoms with Gasteiger partial charge >= 0.3 is 11.9 Å². The molecular weight excluding hydrogens is 735 g/mol. The molecule has 0 radical (unpaired) electrons. The molecule has 3 amide bonds. The van der Waals surface area contributed by atoms with Gasteiger partial charge in [-0.25, -0.2) is 9.78 Å². The Bertz CT molecular complexity index is 1360. The summed E-state index contributed by atoms with van der Waals surface area (Å²) in [4.78, 5) is 81.3. The van der Waals surface area contributed by atoms with E-state index in [0.717, 1.165) is 23.8 Å². The molecule has 1 heterocycles. The molecule has 0 saturated carbocycles. The average Bonchev–Trinajstić information content (AvgIpc) is 3.47. The number of hydrogen-bond acceptors (Lipinski definition) is 12. The third-order valence-electron chi connectivity index (χ3n) is 6.47. The van der Waals surface area contributed by atoms with Crippen LogP contribution in [0.15, 0.2) is 36.5 Å². The van der Waals surface area contributed by atoms with Crippen molar-refractivity contribution in [2.45, 2.75) is 57.3 Å². The van der Waals surface area contributed by atoms with Crippen LogP contribution >= 0.6 is 33.9 Å². The molecule has 4 atom stereocenters. The highest BCUT2D eigenvalue weighted by atomic mass is 127. The summed E-state index contributed by atoms with van der Waals surface area (Å²) in [6, 6.07) is 5.66. The minimum absolute atomic E-state index is 0.0308. The van der Waals surface area contributed by atoms with Crippen LogP contribution in [0.2, 0.25) is 0 Å². The van der Waals surface area contributed by atoms with Crippen molar-refractivity contribution in [1.29, 1.82) is 0 Å². The fourth-order valence-corrected chi connectivity index (χ4v) is 5.33. The number of rotatable bonds is 19. The first kappa shape index (κ1) is 38.7. The maximum atomic E-state index is 13.9. The van der Waals surface area contributed by atoms with E-state index in [9.17, 15) is 28.8 Å². The first-order valence-electron chi connectivity index (χ1n) is 14.1. The summed E-state index contributed by atoms with van der Waals surface area (Å²) in [5, 5.41) is 8.51. The van der Waals surface area contributed by atoms with Gasteiger partial charge < -0.3 is 34.9 Å². The molecule has 0 aliphatic rings. The van der Waals surface area contributed by atoms with Crippen LogP contribution in [0.1, 0.15) is 40.5 Å². The Kier molecular flexibility index (Phi) is 16.2. The summed E-state index contributed by atoms with van der Waals surface area (Å²) in [5.41, 5.74) is -0.788. The second-order valence-electron chi connectivity index (χ2n) is 10.3. The summed E-state index contributed by atoms with van der Waals surface area (Å²) >= 11 is 3.04. The normalized spacial score (nSPS) is 14.1. The van der Waals surface area contributed by atoms with Crippen LogP contribution in [0.4, 0.5) is 0 Å². The number of alkyl halides is 1. The standard InChI is InChI=1S/C30H39IN4O10S/c1-18-32-13-24(46-18)29(41)35-23(15-43-5)28(40)34-22(14-42-4)27(39)33-21(12-11-20-9-7-6-8-10-20)26(38)30(3,17-31)45-25(37)16-44-19(2)36/h6-10,13,21-23H,11-12,14-17H2,1-5H3,(H,33,39)(H,34,40)(H,35,41)/t21-,22-,23-,30+/m0/s1. The van der Waals surface area contributed by atoms with Crippen LogP contribution in [0.5, 0.6) is 0 Å². The molecule has 0 unspecified atom stereocenters. The van der Waals surface area contributed by atoms with Gasteiger partial charge in [-0.1, -0.05) is 52.9 Å². The molecule has 0 fully saturated rings. The lowest BCUT2D eigenvalue weighted by Crippen LogP contribution is -2.60. The number of nitrogens with one attached hydrogen (secondary N) is 3. The number of benzene rings is 1. The zero-order chi connectivity index (χ0) is 34.3. The number of halogens is 1. The zero-order valence-corrected chi connectivity index (χ0v) is 29.2. The molecule has 16 heteroatoms. The molecule has 2 rings (SSSR count). The van der Waals surface area contributed by atoms with E-state index in [4.69, 9.17) is 18.9 Å². The van der Waals surface area contributed by atoms with Crippen LogP contribution in [-0.4, -0.2) is 103 Å². The van der Waals surface area contributed by atoms with Crippen LogP contribution in [0, 0.1) is 6.92 Å². The lowest BCUT2D eigenvalue weighted by Gasteiger charge is -2.31. The van der Waals surface area contributed by atoms with E-state index in [2.05, 4.69) is 20.9 Å². The molecule has 3 N–H and O–H groups in total. The SMILES string of the molecule is COC[C@H](NC(=O)c1cnc(C)s1)C(=O)N[C@@H](COC)C(=O)N[C@@H](CCc1ccccc1)C(=O)[C@@](C)(CI)OC(=O)COC(C)=O. The van der Waals surface area contributed by atoms with E-state index in [0.29, 0.717) is 16.3 Å². The number of thiazole rings is 1. The van der Waals surface area contributed by atoms with Crippen LogP contribution in [-0.2, 0) is 49.3 Å². The van der Waals surface area contributed by atoms with Crippen molar-refractivity contribution >= 4 is 69.4 Å². The third-order valence-corrected chi connectivity index (χ3v) is 8.84. The molecule has 1 aromatic carbocycles. The Balaban J connectivity index is 2.26. The van der Waals surface area contributed by atoms with E-state index in [1.165, 1.54) is 27.3 Å². The van der Waals surface area contributed by atoms with Crippen LogP contribution < -0.4 is 16.0 Å². The molecular formula is C30H39IN4O10S. The van der Waals surface area contributed by atoms with Gasteiger partial charge in [0, 0.05) is 25.6 Å². The number of aromatic nitrogens is 1. The number of Topliss-reactive ketones (excluding diaryl/α,β-unsaturated/α-hetero) is 1. The number of amides is 3. The van der Waals surface area contributed by atoms with Gasteiger partial charge in [0.15, 0.2) is 18.0 Å². The molecule has 2 aromatic rings. The number of aryl methyl sites for hydroxylation is 2. The fraction of sp³-hybridized carbons (Fsp3) is 0.500. The summed E-state index contributed by atoms with van der Waals surface area (Å²) < 4.78 is 20.5. The molecule has 0 aliphatic heterocycles. The quantitative estimate of drug-likeness (QED) is 0.106. The average molecular weight is 775 g/mol. The molecule has 252 valence electrons. The number of nitrogens with zero attached hydrogens (tertiary/aromatic N) is 1. The van der Waals surface area contributed by atoms with Crippen molar-refractivity contribution < 1.29 is 47.7 Å². The summed E-state index contributed by atoms with van der Waals surface area (Å²) in [6.07, 6.45) is 1.91. The highest BCUT2D eigenvalue weighted by Gasteiger charge is 2.42. The van der Waals surface area contributed by atoms with E-state index in [1.807, 2.05) is 52.9 Å². The second-order valence-corrected chi connectivity index (χ2v) is 12.3. The van der Waals surface area contributed by atoms with Gasteiger partial charge in [0.05, 0.1) is 30.5 Å². The highest BCUT2D eigenvalue weighted by Crippen LogP contribution is 2.21. The van der Waals surface area contributed by atoms with Gasteiger partial charge in [-0.2, -0.15) is 0 Å². The van der Waals surface area contributed by atoms with Gasteiger partial charge in [-0.15, -0.1) is 11.3 Å². The number of hydrogen-bond donors (Lipinski definition) is 3. The summed E-state index contributed by atoms with van der Waals surface area (Å²) in [6.45, 7) is 3.14. The lowest BCUT2D eigenvalue weighted by molar-refractivity contribution is -0.171.